The first-order valence-electron chi connectivity index (χ1n) is 13.6. The van der Waals surface area contributed by atoms with Crippen LogP contribution in [0.15, 0.2) is 72.1 Å². The normalized spacial score (nSPS) is 16.7. The number of amides is 1. The van der Waals surface area contributed by atoms with Gasteiger partial charge in [0.25, 0.3) is 0 Å². The van der Waals surface area contributed by atoms with Gasteiger partial charge in [0.1, 0.15) is 17.5 Å². The average molecular weight is 546 g/mol. The Kier molecular flexibility index (Phi) is 6.63. The molecule has 4 N–H and O–H groups in total. The minimum atomic E-state index is -0.343. The summed E-state index contributed by atoms with van der Waals surface area (Å²) in [6.45, 7) is 2.74. The van der Waals surface area contributed by atoms with Gasteiger partial charge in [0.15, 0.2) is 5.82 Å². The van der Waals surface area contributed by atoms with Crippen molar-refractivity contribution in [2.75, 3.05) is 43.9 Å². The molecule has 2 fully saturated rings. The van der Waals surface area contributed by atoms with Gasteiger partial charge in [-0.1, -0.05) is 30.3 Å². The lowest BCUT2D eigenvalue weighted by Crippen LogP contribution is -2.51. The number of carbonyl (C=O) groups excluding carboxylic acids is 1. The third-order valence-electron chi connectivity index (χ3n) is 8.08. The highest BCUT2D eigenvalue weighted by Gasteiger charge is 2.53. The maximum absolute atomic E-state index is 13.5. The zero-order valence-corrected chi connectivity index (χ0v) is 22.9. The number of aliphatic imine (C=N–C) groups is 1. The van der Waals surface area contributed by atoms with Crippen LogP contribution in [0.5, 0.6) is 0 Å². The number of nitriles is 1. The number of rotatable bonds is 6. The monoisotopic (exact) mass is 545 g/mol. The fraction of sp³-hybridized carbons (Fsp3) is 0.258. The van der Waals surface area contributed by atoms with Crippen LogP contribution in [0.1, 0.15) is 29.5 Å². The van der Waals surface area contributed by atoms with Crippen LogP contribution in [-0.2, 0) is 10.2 Å². The average Bonchev–Trinajstić information content (AvgIpc) is 3.77. The molecule has 0 atom stereocenters. The molecule has 10 nitrogen and oxygen atoms in total. The van der Waals surface area contributed by atoms with Gasteiger partial charge in [-0.2, -0.15) is 5.26 Å². The van der Waals surface area contributed by atoms with Crippen LogP contribution < -0.4 is 16.4 Å². The van der Waals surface area contributed by atoms with Crippen LogP contribution in [0.4, 0.5) is 11.6 Å². The van der Waals surface area contributed by atoms with Crippen molar-refractivity contribution in [2.24, 2.45) is 10.7 Å². The molecule has 206 valence electrons. The zero-order valence-electron chi connectivity index (χ0n) is 22.9. The SMILES string of the molecule is CN=CC(=CN)c1cc(-c2ccc(N3CCN(C(=O)C4(c5ccccc5)CC4)CC3)nc2)c2c(C#N)c(N)nn2c1. The van der Waals surface area contributed by atoms with Gasteiger partial charge >= 0.3 is 0 Å². The Balaban J connectivity index is 1.24. The molecule has 1 saturated carbocycles. The molecule has 0 bridgehead atoms. The number of hydrogen-bond donors (Lipinski definition) is 2. The smallest absolute Gasteiger partial charge is 0.233 e. The van der Waals surface area contributed by atoms with Crippen LogP contribution in [-0.4, -0.2) is 64.8 Å². The Labute approximate surface area is 238 Å². The molecule has 1 saturated heterocycles. The largest absolute Gasteiger partial charge is 0.404 e. The maximum atomic E-state index is 13.5. The predicted octanol–water partition coefficient (Wildman–Crippen LogP) is 3.23. The van der Waals surface area contributed by atoms with Crippen LogP contribution in [0.3, 0.4) is 0 Å². The summed E-state index contributed by atoms with van der Waals surface area (Å²) in [4.78, 5) is 26.5. The van der Waals surface area contributed by atoms with E-state index in [0.29, 0.717) is 42.8 Å². The van der Waals surface area contributed by atoms with Gasteiger partial charge in [0.05, 0.1) is 10.9 Å². The number of pyridine rings is 2. The summed E-state index contributed by atoms with van der Waals surface area (Å²) in [7, 11) is 1.67. The fourth-order valence-corrected chi connectivity index (χ4v) is 5.72. The number of hydrogen-bond acceptors (Lipinski definition) is 8. The van der Waals surface area contributed by atoms with E-state index < -0.39 is 0 Å². The topological polar surface area (TPSA) is 142 Å². The summed E-state index contributed by atoms with van der Waals surface area (Å²) in [5.74, 6) is 1.24. The Bertz CT molecular complexity index is 1700. The van der Waals surface area contributed by atoms with E-state index in [-0.39, 0.29) is 17.1 Å². The molecule has 1 amide bonds. The van der Waals surface area contributed by atoms with Crippen LogP contribution in [0, 0.1) is 11.3 Å². The Morgan fingerprint density at radius 3 is 2.49 bits per heavy atom. The summed E-state index contributed by atoms with van der Waals surface area (Å²) in [5.41, 5.74) is 16.7. The summed E-state index contributed by atoms with van der Waals surface area (Å²) < 4.78 is 1.61. The van der Waals surface area contributed by atoms with Gasteiger partial charge in [-0.25, -0.2) is 9.50 Å². The molecule has 1 aliphatic heterocycles. The number of nitrogens with two attached hydrogens (primary N) is 2. The van der Waals surface area contributed by atoms with E-state index >= 15 is 0 Å². The van der Waals surface area contributed by atoms with Crippen molar-refractivity contribution in [3.63, 3.8) is 0 Å². The third-order valence-corrected chi connectivity index (χ3v) is 8.08. The minimum Gasteiger partial charge on any atom is -0.404 e. The first-order valence-corrected chi connectivity index (χ1v) is 13.6. The maximum Gasteiger partial charge on any atom is 0.233 e. The second-order valence-electron chi connectivity index (χ2n) is 10.4. The Morgan fingerprint density at radius 1 is 1.12 bits per heavy atom. The summed E-state index contributed by atoms with van der Waals surface area (Å²) in [6.07, 6.45) is 8.55. The second kappa shape index (κ2) is 10.4. The van der Waals surface area contributed by atoms with Crippen molar-refractivity contribution in [3.8, 4) is 17.2 Å². The summed E-state index contributed by atoms with van der Waals surface area (Å²) >= 11 is 0. The van der Waals surface area contributed by atoms with Crippen molar-refractivity contribution in [2.45, 2.75) is 18.3 Å². The molecular weight excluding hydrogens is 514 g/mol. The fourth-order valence-electron chi connectivity index (χ4n) is 5.72. The molecule has 6 rings (SSSR count). The number of allylic oxidation sites excluding steroid dienone is 1. The van der Waals surface area contributed by atoms with Gasteiger partial charge in [0, 0.05) is 80.3 Å². The van der Waals surface area contributed by atoms with Crippen molar-refractivity contribution < 1.29 is 4.79 Å². The highest BCUT2D eigenvalue weighted by molar-refractivity contribution is 6.10. The van der Waals surface area contributed by atoms with Crippen LogP contribution in [0.2, 0.25) is 0 Å². The molecule has 2 aliphatic rings. The molecule has 1 aliphatic carbocycles. The van der Waals surface area contributed by atoms with Crippen molar-refractivity contribution >= 4 is 34.8 Å². The van der Waals surface area contributed by atoms with Gasteiger partial charge in [0.2, 0.25) is 5.91 Å². The highest BCUT2D eigenvalue weighted by atomic mass is 16.2. The van der Waals surface area contributed by atoms with E-state index in [1.807, 2.05) is 41.3 Å². The van der Waals surface area contributed by atoms with E-state index in [9.17, 15) is 10.1 Å². The van der Waals surface area contributed by atoms with E-state index in [1.54, 1.807) is 30.2 Å². The summed E-state index contributed by atoms with van der Waals surface area (Å²) in [5, 5.41) is 14.2. The second-order valence-corrected chi connectivity index (χ2v) is 10.4. The van der Waals surface area contributed by atoms with Gasteiger partial charge in [-0.3, -0.25) is 9.79 Å². The Hall–Kier alpha value is -5.17. The van der Waals surface area contributed by atoms with Crippen LogP contribution >= 0.6 is 0 Å². The highest BCUT2D eigenvalue weighted by Crippen LogP contribution is 2.49. The lowest BCUT2D eigenvalue weighted by atomic mass is 9.94. The van der Waals surface area contributed by atoms with E-state index in [2.05, 4.69) is 33.2 Å². The Morgan fingerprint density at radius 2 is 1.88 bits per heavy atom. The molecule has 10 heteroatoms. The number of piperazine rings is 1. The molecule has 3 aromatic heterocycles. The zero-order chi connectivity index (χ0) is 28.6. The molecule has 0 radical (unpaired) electrons. The quantitative estimate of drug-likeness (QED) is 0.354. The van der Waals surface area contributed by atoms with E-state index in [1.165, 1.54) is 6.20 Å². The first kappa shape index (κ1) is 26.1. The van der Waals surface area contributed by atoms with Gasteiger partial charge in [-0.05, 0) is 36.6 Å². The first-order chi connectivity index (χ1) is 20.0. The van der Waals surface area contributed by atoms with Gasteiger partial charge in [-0.15, -0.1) is 5.10 Å². The number of fused-ring (bicyclic) bond motifs is 1. The number of anilines is 2. The lowest BCUT2D eigenvalue weighted by molar-refractivity contribution is -0.134. The molecule has 4 aromatic rings. The standard InChI is InChI=1S/C31H31N9O/c1-35-18-23(16-32)22-15-25(28-26(17-33)29(34)37-40(28)20-22)21-7-8-27(36-19-21)38-11-13-39(14-12-38)30(41)31(9-10-31)24-5-3-2-4-6-24/h2-8,15-16,18-20H,9-14,32H2,1H3,(H2,34,37). The van der Waals surface area contributed by atoms with Crippen molar-refractivity contribution in [3.05, 3.63) is 83.8 Å². The van der Waals surface area contributed by atoms with Gasteiger partial charge < -0.3 is 21.3 Å². The predicted molar refractivity (Wildman–Crippen MR) is 160 cm³/mol. The molecular formula is C31H31N9O. The molecule has 0 unspecified atom stereocenters. The molecule has 0 spiro atoms. The van der Waals surface area contributed by atoms with Crippen molar-refractivity contribution in [1.29, 1.82) is 5.26 Å². The van der Waals surface area contributed by atoms with E-state index in [4.69, 9.17) is 16.5 Å². The molecule has 1 aromatic carbocycles. The molecule has 41 heavy (non-hydrogen) atoms. The lowest BCUT2D eigenvalue weighted by Gasteiger charge is -2.37. The van der Waals surface area contributed by atoms with Crippen LogP contribution in [0.25, 0.3) is 22.2 Å². The van der Waals surface area contributed by atoms with Crippen molar-refractivity contribution in [1.82, 2.24) is 19.5 Å². The number of benzene rings is 1. The molecule has 4 heterocycles. The number of carbonyl (C=O) groups is 1. The third kappa shape index (κ3) is 4.55. The number of nitrogens with zero attached hydrogens (tertiary/aromatic N) is 7. The number of nitrogen functional groups attached to an aromatic ring is 1. The minimum absolute atomic E-state index is 0.158. The number of aromatic nitrogens is 3. The van der Waals surface area contributed by atoms with E-state index in [0.717, 1.165) is 40.9 Å². The summed E-state index contributed by atoms with van der Waals surface area (Å²) in [6, 6.07) is 18.2.